The largest absolute Gasteiger partial charge is 0.460 e. The average molecular weight is 1970 g/mol. The van der Waals surface area contributed by atoms with E-state index < -0.39 is 28.2 Å². The molecule has 47 rings (SSSR count). The molecule has 0 saturated heterocycles. The highest BCUT2D eigenvalue weighted by Crippen LogP contribution is 2.97. The summed E-state index contributed by atoms with van der Waals surface area (Å²) in [5.74, 6) is 8.00. The van der Waals surface area contributed by atoms with Crippen LogP contribution in [0, 0.1) is 5.41 Å². The Morgan fingerprint density at radius 3 is 0.556 bits per heavy atom. The molecule has 13 aliphatic rings. The molecule has 8 aliphatic heterocycles. The molecule has 0 bridgehead atoms. The molecule has 1 saturated carbocycles. The predicted octanol–water partition coefficient (Wildman–Crippen LogP) is 32.0. The topological polar surface area (TPSA) is 52.6 Å². The van der Waals surface area contributed by atoms with E-state index in [1.165, 1.54) is 374 Å². The quantitative estimate of drug-likeness (QED) is 0.0686. The van der Waals surface area contributed by atoms with E-state index in [-0.39, 0.29) is 13.2 Å². The molecule has 0 N–H and O–H groups in total. The molecule has 0 unspecified atom stereocenters. The van der Waals surface area contributed by atoms with E-state index in [1.807, 2.05) is 188 Å². The van der Waals surface area contributed by atoms with Crippen LogP contribution in [0.15, 0.2) is 119 Å². The van der Waals surface area contributed by atoms with Crippen molar-refractivity contribution in [1.82, 2.24) is 0 Å². The minimum Gasteiger partial charge on any atom is -0.460 e. The normalized spacial score (nSPS) is 20.9. The number of hydrogen-bond donors (Lipinski definition) is 0. The number of hydrogen-bond acceptors (Lipinski definition) is 20. The Morgan fingerprint density at radius 1 is 0.203 bits per heavy atom. The summed E-state index contributed by atoms with van der Waals surface area (Å²) in [4.78, 5) is 39.0. The zero-order chi connectivity index (χ0) is 82.9. The number of esters is 2. The Morgan fingerprint density at radius 2 is 0.368 bits per heavy atom. The molecule has 0 aromatic heterocycles. The van der Waals surface area contributed by atoms with Crippen LogP contribution in [0.4, 0.5) is 0 Å². The molecular formula is C113H34O4S16. The van der Waals surface area contributed by atoms with Crippen LogP contribution in [-0.2, 0) is 43.1 Å². The first-order valence-electron chi connectivity index (χ1n) is 45.9. The van der Waals surface area contributed by atoms with Crippen molar-refractivity contribution in [3.05, 3.63) is 173 Å². The lowest BCUT2D eigenvalue weighted by Crippen LogP contribution is -2.38. The molecule has 20 heteroatoms. The number of rotatable bonds is 6. The second-order valence-corrected chi connectivity index (χ2v) is 60.7. The molecule has 8 heterocycles. The fourth-order valence-electron chi connectivity index (χ4n) is 34.6. The number of carbonyl (C=O) groups excluding carboxylic acids is 2. The van der Waals surface area contributed by atoms with E-state index in [9.17, 15) is 0 Å². The van der Waals surface area contributed by atoms with E-state index >= 15 is 9.59 Å². The van der Waals surface area contributed by atoms with Gasteiger partial charge in [-0.25, -0.2) is 0 Å². The summed E-state index contributed by atoms with van der Waals surface area (Å²) >= 11 is 31.8. The van der Waals surface area contributed by atoms with Crippen LogP contribution in [0.1, 0.15) is 33.4 Å². The molecule has 4 nitrogen and oxygen atoms in total. The summed E-state index contributed by atoms with van der Waals surface area (Å²) in [6, 6.07) is 32.7. The van der Waals surface area contributed by atoms with Gasteiger partial charge in [-0.1, -0.05) is 167 Å². The Balaban J connectivity index is 0.602. The third kappa shape index (κ3) is 5.56. The molecule has 34 aromatic rings. The zero-order valence-electron chi connectivity index (χ0n) is 67.8. The summed E-state index contributed by atoms with van der Waals surface area (Å²) in [5, 5.41) is 94.0. The summed E-state index contributed by atoms with van der Waals surface area (Å²) in [6.07, 6.45) is 0. The average Bonchev–Trinajstić information content (AvgIpc) is 1.35. The Labute approximate surface area is 809 Å². The third-order valence-electron chi connectivity index (χ3n) is 37.1. The zero-order valence-corrected chi connectivity index (χ0v) is 80.9. The van der Waals surface area contributed by atoms with Crippen LogP contribution in [0.2, 0.25) is 0 Å². The molecule has 5 aliphatic carbocycles. The van der Waals surface area contributed by atoms with Gasteiger partial charge in [0.05, 0.1) is 61.7 Å². The lowest BCUT2D eigenvalue weighted by Gasteiger charge is -2.32. The number of thioether (sulfide) groups is 16. The molecule has 133 heavy (non-hydrogen) atoms. The van der Waals surface area contributed by atoms with E-state index in [2.05, 4.69) is 84.9 Å². The summed E-state index contributed by atoms with van der Waals surface area (Å²) in [6.45, 7) is -0.0652. The monoisotopic (exact) mass is 1970 g/mol. The third-order valence-corrected chi connectivity index (χ3v) is 60.2. The molecule has 0 radical (unpaired) electrons. The van der Waals surface area contributed by atoms with Crippen LogP contribution in [0.25, 0.3) is 351 Å². The van der Waals surface area contributed by atoms with Crippen LogP contribution in [0.3, 0.4) is 0 Å². The molecule has 0 amide bonds. The van der Waals surface area contributed by atoms with Crippen molar-refractivity contribution in [1.29, 1.82) is 0 Å². The molecule has 34 aromatic carbocycles. The maximum absolute atomic E-state index is 19.5. The van der Waals surface area contributed by atoms with E-state index in [0.717, 1.165) is 57.1 Å². The van der Waals surface area contributed by atoms with Crippen molar-refractivity contribution in [3.63, 3.8) is 0 Å². The van der Waals surface area contributed by atoms with Crippen LogP contribution in [-0.4, -0.2) is 58.0 Å². The number of ether oxygens (including phenoxy) is 2. The van der Waals surface area contributed by atoms with Gasteiger partial charge in [-0.2, -0.15) is 0 Å². The predicted molar refractivity (Wildman–Crippen MR) is 599 cm³/mol. The maximum atomic E-state index is 19.5. The first kappa shape index (κ1) is 66.3. The van der Waals surface area contributed by atoms with Crippen LogP contribution in [0.5, 0.6) is 0 Å². The summed E-state index contributed by atoms with van der Waals surface area (Å²) < 4.78 is 32.7. The highest BCUT2D eigenvalue weighted by atomic mass is 32.3. The van der Waals surface area contributed by atoms with Gasteiger partial charge in [0, 0.05) is 66.9 Å². The van der Waals surface area contributed by atoms with Gasteiger partial charge in [0.2, 0.25) is 0 Å². The first-order valence-corrected chi connectivity index (χ1v) is 60.4. The fraction of sp³-hybridized carbons (Fsp3) is 0.115. The molecule has 2 spiro atoms. The highest BCUT2D eigenvalue weighted by molar-refractivity contribution is 8.48. The minimum absolute atomic E-state index is 0.0326. The van der Waals surface area contributed by atoms with Gasteiger partial charge >= 0.3 is 11.9 Å². The minimum atomic E-state index is -1.99. The van der Waals surface area contributed by atoms with Crippen molar-refractivity contribution < 1.29 is 19.1 Å². The van der Waals surface area contributed by atoms with Gasteiger partial charge < -0.3 is 9.47 Å². The number of fused-ring (bicyclic) bond motifs is 4. The Hall–Kier alpha value is -8.20. The summed E-state index contributed by atoms with van der Waals surface area (Å²) in [5.41, 5.74) is 2.20. The van der Waals surface area contributed by atoms with Gasteiger partial charge in [-0.05, 0) is 379 Å². The molecule has 1 fully saturated rings. The highest BCUT2D eigenvalue weighted by Gasteiger charge is 3.01. The maximum Gasteiger partial charge on any atom is 0.326 e. The van der Waals surface area contributed by atoms with Crippen molar-refractivity contribution >= 4 is 551 Å². The second-order valence-electron chi connectivity index (χ2n) is 40.6. The van der Waals surface area contributed by atoms with Gasteiger partial charge in [0.1, 0.15) is 13.2 Å². The van der Waals surface area contributed by atoms with E-state index in [4.69, 9.17) is 9.47 Å². The number of carbonyl (C=O) groups is 2. The van der Waals surface area contributed by atoms with Crippen molar-refractivity contribution in [2.45, 2.75) is 24.0 Å². The SMILES string of the molecule is O=C(OCc1ccc2c(=C3SC4=C(SCCS4)S3)c3ccccc3c(=C3SC4=C(SCCS4)S3)c2c1)C1(C(=O)OCc2ccc3c(=C4SC5=C(SCCS5)S4)c4ccccc4c(=C4SC5=C(SCCS5)S4)c3c2)C23c4c5c6c7c8c9c(c%10c%11c2c2c4c4c%12c5c5c6c6c8c8c%13c9c9c%10c%10c%11c%11c2c2c4c4c%12c%12c5c5c6c8c6c8c%13c9c9c%10c%10c%11c2c2c4c4c%12c5c6c5c8c9c%10c2c45)C713. The fourth-order valence-corrected chi connectivity index (χ4v) is 58.9. The van der Waals surface area contributed by atoms with E-state index in [1.54, 1.807) is 53.9 Å². The van der Waals surface area contributed by atoms with Crippen molar-refractivity contribution in [3.8, 4) is 0 Å². The van der Waals surface area contributed by atoms with Gasteiger partial charge in [0.25, 0.3) is 0 Å². The van der Waals surface area contributed by atoms with Gasteiger partial charge in [-0.15, -0.1) is 94.1 Å². The van der Waals surface area contributed by atoms with Crippen molar-refractivity contribution in [2.75, 3.05) is 46.0 Å². The Bertz CT molecular complexity index is 11200. The molecular weight excluding hydrogens is 1930 g/mol. The van der Waals surface area contributed by atoms with Crippen LogP contribution >= 0.6 is 188 Å². The van der Waals surface area contributed by atoms with Gasteiger partial charge in [-0.3, -0.25) is 9.59 Å². The Kier molecular flexibility index (Phi) is 9.70. The van der Waals surface area contributed by atoms with Crippen LogP contribution < -0.4 is 20.9 Å². The van der Waals surface area contributed by atoms with Gasteiger partial charge in [0.15, 0.2) is 5.41 Å². The van der Waals surface area contributed by atoms with E-state index in [0.29, 0.717) is 0 Å². The smallest absolute Gasteiger partial charge is 0.326 e. The standard InChI is InChI=1S/C113H34O4S16/c114-109(116-23-25-9-11-31-33(21-25)37(99-130-105-106(131-99)123-18-17-122-105)29-7-3-1-5-27(29)35(31)97-126-101-102(127-97)119-14-13-118-101)113(110(115)117-24-26-10-12-32-34(22-26)38(100-132-107-108(133-100)125-20-19-124-107)30-8-4-2-6-28(30)36(32)98-128-103-104(129-98)121-16-15-120-103)111-93-85-77-67-57-49-41-39-40-43-47-45(41)53-61-55(47)65-59-51(43)52-44(40)48-46-42(39)50(49)58-64-54(46)62-56(48)66-60(52)70-69(59)79-73(65)83-75(61)81(71(77)63(53)57)89(93)91(83)95-87(79)88-80(70)74(66)84-76(62)82-72(64)78(68(58)67)86(85)94(111)90(82)92(84)96(88)112(95,111)113/h1-12,21-22H,13-20,23-24H2. The number of benzene rings is 24. The lowest BCUT2D eigenvalue weighted by molar-refractivity contribution is -0.168. The van der Waals surface area contributed by atoms with Crippen molar-refractivity contribution in [2.24, 2.45) is 5.41 Å². The molecule has 606 valence electrons. The lowest BCUT2D eigenvalue weighted by atomic mass is 9.68. The second kappa shape index (κ2) is 19.5. The molecule has 0 atom stereocenters. The summed E-state index contributed by atoms with van der Waals surface area (Å²) in [7, 11) is 0. The first-order chi connectivity index (χ1) is 66.0.